The summed E-state index contributed by atoms with van der Waals surface area (Å²) >= 11 is 13.9. The Labute approximate surface area is 718 Å². The van der Waals surface area contributed by atoms with Gasteiger partial charge in [0.2, 0.25) is 0 Å². The number of anilines is 4. The molecule has 0 bridgehead atoms. The van der Waals surface area contributed by atoms with Gasteiger partial charge in [0.05, 0.1) is 33.2 Å². The number of nitrogens with two attached hydrogens (primary N) is 1. The van der Waals surface area contributed by atoms with Crippen molar-refractivity contribution in [3.8, 4) is 18.2 Å². The highest BCUT2D eigenvalue weighted by Gasteiger charge is 2.37. The Hall–Kier alpha value is -8.19. The smallest absolute Gasteiger partial charge is 0.410 e. The van der Waals surface area contributed by atoms with E-state index in [0.717, 1.165) is 169 Å². The van der Waals surface area contributed by atoms with E-state index in [-0.39, 0.29) is 36.2 Å². The molecule has 606 valence electrons. The standard InChI is InChI=1S/C33H40N6O2.C24H23BrN4.C16H18N4.C9H18N2O2.C8H7Br3.ClH/c1-23-16-28(22-39(19-23)30-10-8-24(18-34)31-29(30)6-5-11-35-31)38-20-25-7-9-27(17-26(25)21-38)36-12-14-37(15-13-36)32(40)41-33(2,3)4;1-16-9-21(28-13-18-4-6-20(25)10-19(18)14-28)15-29(12-16)23-7-5-17(11-26)24-22(23)3-2-8-27-24;1-11-7-13(18)10-20(9-11)15-5-4-12(8-17)16-14(15)3-2-6-19-16;1-9(2,3)13-8(12)11-6-4-10-5-7-11;9-4-6-1-2-8(11)3-7(6)5-10;/h5-11,17,23,28H,12-16,19-22H2,1-4H3;2-8,10,16,21H,9,12-15H2,1H3;2-6,11,13H,7,9-10,18H2,1H3;10H,4-7H2,1-3H3;1-3H,4-5H2;1H/t23-,28+;16-,21+;11-,13+;;;/m000.../s1. The second kappa shape index (κ2) is 39.8. The van der Waals surface area contributed by atoms with E-state index in [9.17, 15) is 25.4 Å². The number of ether oxygens (including phenoxy) is 2. The fraction of sp³-hybridized carbons (Fsp3) is 0.444. The minimum Gasteiger partial charge on any atom is -0.444 e. The van der Waals surface area contributed by atoms with Gasteiger partial charge in [-0.05, 0) is 221 Å². The normalized spacial score (nSPS) is 20.2. The van der Waals surface area contributed by atoms with Crippen molar-refractivity contribution < 1.29 is 19.1 Å². The topological polar surface area (TPSA) is 227 Å². The SMILES string of the molecule is BrCc1ccc(Br)cc1CBr.CC(C)(C)OC(=O)N1CCNCC1.C[C@H]1C[C@@H](N)CN(c2ccc(C#N)c3ncccc23)C1.C[C@H]1C[C@@H](N2Cc3ccc(Br)cc3C2)CN(c2ccc(C#N)c3ncccc23)C1.C[C@H]1C[C@@H](N2Cc3ccc(N4CCN(C(=O)OC(C)(C)C)CC4)cc3C2)CN(c2ccc(C#N)c3ncccc23)C1.Cl. The maximum absolute atomic E-state index is 12.5. The van der Waals surface area contributed by atoms with Gasteiger partial charge in [0, 0.05) is 213 Å². The van der Waals surface area contributed by atoms with Crippen LogP contribution in [-0.2, 0) is 46.3 Å². The highest BCUT2D eigenvalue weighted by Crippen LogP contribution is 2.40. The molecule has 3 aromatic heterocycles. The fourth-order valence-electron chi connectivity index (χ4n) is 16.7. The van der Waals surface area contributed by atoms with Crippen LogP contribution in [-0.4, -0.2) is 168 Å². The zero-order valence-electron chi connectivity index (χ0n) is 67.5. The van der Waals surface area contributed by atoms with Crippen LogP contribution >= 0.6 is 76.1 Å². The van der Waals surface area contributed by atoms with Crippen molar-refractivity contribution >= 4 is 144 Å². The molecule has 5 saturated heterocycles. The van der Waals surface area contributed by atoms with Crippen molar-refractivity contribution in [1.29, 1.82) is 15.8 Å². The Kier molecular flexibility index (Phi) is 30.4. The first-order valence-corrected chi connectivity index (χ1v) is 43.6. The van der Waals surface area contributed by atoms with Crippen molar-refractivity contribution in [1.82, 2.24) is 39.9 Å². The van der Waals surface area contributed by atoms with Crippen molar-refractivity contribution in [2.75, 3.05) is 111 Å². The number of nitriles is 3. The summed E-state index contributed by atoms with van der Waals surface area (Å²) in [6, 6.07) is 51.8. The predicted molar refractivity (Wildman–Crippen MR) is 479 cm³/mol. The number of carbonyl (C=O) groups excluding carboxylic acids is 2. The monoisotopic (exact) mass is 1830 g/mol. The number of nitrogens with one attached hydrogen (secondary N) is 1. The van der Waals surface area contributed by atoms with E-state index in [1.165, 1.54) is 63.3 Å². The lowest BCUT2D eigenvalue weighted by Gasteiger charge is -2.42. The molecule has 0 saturated carbocycles. The fourth-order valence-corrected chi connectivity index (χ4v) is 18.6. The number of piperazine rings is 2. The number of aromatic nitrogens is 3. The minimum absolute atomic E-state index is 0. The molecule has 0 unspecified atom stereocenters. The van der Waals surface area contributed by atoms with Gasteiger partial charge in [0.1, 0.15) is 29.4 Å². The summed E-state index contributed by atoms with van der Waals surface area (Å²) in [5, 5.41) is 36.4. The molecule has 0 aliphatic carbocycles. The summed E-state index contributed by atoms with van der Waals surface area (Å²) in [6.07, 6.45) is 8.32. The molecule has 7 aliphatic rings. The molecule has 2 amide bonds. The van der Waals surface area contributed by atoms with Crippen LogP contribution < -0.4 is 30.7 Å². The third-order valence-electron chi connectivity index (χ3n) is 22.0. The molecule has 115 heavy (non-hydrogen) atoms. The van der Waals surface area contributed by atoms with Crippen molar-refractivity contribution in [3.05, 3.63) is 205 Å². The lowest BCUT2D eigenvalue weighted by atomic mass is 9.93. The molecule has 5 fully saturated rings. The molecule has 6 atom stereocenters. The molecule has 20 nitrogen and oxygen atoms in total. The molecule has 10 heterocycles. The second-order valence-corrected chi connectivity index (χ2v) is 36.2. The van der Waals surface area contributed by atoms with Crippen molar-refractivity contribution in [2.24, 2.45) is 23.5 Å². The van der Waals surface area contributed by atoms with Crippen LogP contribution in [0.1, 0.15) is 132 Å². The lowest BCUT2D eigenvalue weighted by molar-refractivity contribution is 0.0223. The molecule has 25 heteroatoms. The van der Waals surface area contributed by atoms with Gasteiger partial charge in [-0.15, -0.1) is 12.4 Å². The maximum Gasteiger partial charge on any atom is 0.410 e. The third-order valence-corrected chi connectivity index (χ3v) is 24.2. The molecule has 0 radical (unpaired) electrons. The van der Waals surface area contributed by atoms with Crippen LogP contribution in [0.4, 0.5) is 32.3 Å². The van der Waals surface area contributed by atoms with Crippen LogP contribution in [0.2, 0.25) is 0 Å². The first-order valence-electron chi connectivity index (χ1n) is 39.8. The molecule has 3 N–H and O–H groups in total. The van der Waals surface area contributed by atoms with E-state index in [0.29, 0.717) is 59.6 Å². The lowest BCUT2D eigenvalue weighted by Crippen LogP contribution is -2.50. The van der Waals surface area contributed by atoms with E-state index < -0.39 is 5.60 Å². The Morgan fingerprint density at radius 2 is 0.878 bits per heavy atom. The third kappa shape index (κ3) is 22.6. The first-order chi connectivity index (χ1) is 54.7. The quantitative estimate of drug-likeness (QED) is 0.135. The van der Waals surface area contributed by atoms with Gasteiger partial charge < -0.3 is 49.9 Å². The average molecular weight is 1830 g/mol. The summed E-state index contributed by atoms with van der Waals surface area (Å²) in [7, 11) is 0. The number of fused-ring (bicyclic) bond motifs is 5. The van der Waals surface area contributed by atoms with E-state index in [1.807, 2.05) is 95.0 Å². The number of halogens is 5. The highest BCUT2D eigenvalue weighted by atomic mass is 79.9. The molecule has 9 aromatic rings. The second-order valence-electron chi connectivity index (χ2n) is 33.3. The summed E-state index contributed by atoms with van der Waals surface area (Å²) in [5.74, 6) is 1.77. The number of benzene rings is 6. The summed E-state index contributed by atoms with van der Waals surface area (Å²) in [4.78, 5) is 55.9. The van der Waals surface area contributed by atoms with E-state index in [2.05, 4.69) is 231 Å². The number of amides is 2. The Morgan fingerprint density at radius 1 is 0.478 bits per heavy atom. The van der Waals surface area contributed by atoms with Crippen LogP contribution in [0.15, 0.2) is 155 Å². The van der Waals surface area contributed by atoms with E-state index in [1.54, 1.807) is 23.5 Å². The summed E-state index contributed by atoms with van der Waals surface area (Å²) < 4.78 is 13.1. The number of carbonyl (C=O) groups is 2. The van der Waals surface area contributed by atoms with Gasteiger partial charge >= 0.3 is 12.2 Å². The van der Waals surface area contributed by atoms with Gasteiger partial charge in [0.15, 0.2) is 0 Å². The minimum atomic E-state index is -0.472. The Morgan fingerprint density at radius 3 is 1.31 bits per heavy atom. The van der Waals surface area contributed by atoms with E-state index >= 15 is 0 Å². The number of pyridine rings is 3. The number of rotatable bonds is 8. The number of piperidine rings is 3. The molecule has 6 aromatic carbocycles. The van der Waals surface area contributed by atoms with Crippen molar-refractivity contribution in [2.45, 2.75) is 148 Å². The largest absolute Gasteiger partial charge is 0.444 e. The molecule has 7 aliphatic heterocycles. The van der Waals surface area contributed by atoms with Gasteiger partial charge in [-0.25, -0.2) is 9.59 Å². The zero-order valence-corrected chi connectivity index (χ0v) is 74.6. The van der Waals surface area contributed by atoms with E-state index in [4.69, 9.17) is 15.2 Å². The highest BCUT2D eigenvalue weighted by molar-refractivity contribution is 9.11. The van der Waals surface area contributed by atoms with Crippen LogP contribution in [0, 0.1) is 51.7 Å². The van der Waals surface area contributed by atoms with Crippen LogP contribution in [0.25, 0.3) is 32.7 Å². The Balaban J connectivity index is 0.000000153. The maximum atomic E-state index is 12.5. The van der Waals surface area contributed by atoms with Gasteiger partial charge in [-0.1, -0.05) is 103 Å². The van der Waals surface area contributed by atoms with Crippen LogP contribution in [0.3, 0.4) is 0 Å². The van der Waals surface area contributed by atoms with Crippen molar-refractivity contribution in [3.63, 3.8) is 0 Å². The molecule has 0 spiro atoms. The van der Waals surface area contributed by atoms with Gasteiger partial charge in [-0.3, -0.25) is 24.8 Å². The Bertz CT molecular complexity index is 5000. The zero-order chi connectivity index (χ0) is 81.0. The summed E-state index contributed by atoms with van der Waals surface area (Å²) in [5.41, 5.74) is 22.7. The van der Waals surface area contributed by atoms with Crippen LogP contribution in [0.5, 0.6) is 0 Å². The average Bonchev–Trinajstić information content (AvgIpc) is 1.62. The number of alkyl halides is 2. The summed E-state index contributed by atoms with van der Waals surface area (Å²) in [6.45, 7) is 34.4. The molecule has 16 rings (SSSR count). The molecular formula is C90H107Br4ClN16O4. The van der Waals surface area contributed by atoms with Gasteiger partial charge in [-0.2, -0.15) is 15.8 Å². The number of hydrogen-bond donors (Lipinski definition) is 2. The predicted octanol–water partition coefficient (Wildman–Crippen LogP) is 18.3. The first kappa shape index (κ1) is 87.6. The van der Waals surface area contributed by atoms with Gasteiger partial charge in [0.25, 0.3) is 0 Å². The number of nitrogens with zero attached hydrogens (tertiary/aromatic N) is 14. The number of hydrogen-bond acceptors (Lipinski definition) is 18. The molecular weight excluding hydrogens is 1720 g/mol.